The maximum Gasteiger partial charge on any atom is 0.416 e. The van der Waals surface area contributed by atoms with Gasteiger partial charge in [0.2, 0.25) is 5.91 Å². The highest BCUT2D eigenvalue weighted by molar-refractivity contribution is 6.03. The molecule has 0 aromatic heterocycles. The highest BCUT2D eigenvalue weighted by Gasteiger charge is 2.42. The van der Waals surface area contributed by atoms with Gasteiger partial charge in [-0.05, 0) is 35.6 Å². The Hall–Kier alpha value is -1.52. The Balaban J connectivity index is 2.52. The summed E-state index contributed by atoms with van der Waals surface area (Å²) in [5.74, 6) is -0.754. The van der Waals surface area contributed by atoms with Crippen molar-refractivity contribution in [2.45, 2.75) is 39.3 Å². The number of rotatable bonds is 2. The van der Waals surface area contributed by atoms with Gasteiger partial charge in [0.25, 0.3) is 0 Å². The minimum Gasteiger partial charge on any atom is -0.325 e. The lowest BCUT2D eigenvalue weighted by Gasteiger charge is -2.29. The van der Waals surface area contributed by atoms with E-state index in [1.54, 1.807) is 0 Å². The molecule has 1 heterocycles. The monoisotopic (exact) mass is 271 g/mol. The van der Waals surface area contributed by atoms with Gasteiger partial charge in [-0.3, -0.25) is 4.79 Å². The predicted molar refractivity (Wildman–Crippen MR) is 66.9 cm³/mol. The van der Waals surface area contributed by atoms with Crippen LogP contribution in [0.1, 0.15) is 44.2 Å². The highest BCUT2D eigenvalue weighted by Crippen LogP contribution is 2.47. The molecular weight excluding hydrogens is 255 g/mol. The molecule has 1 aliphatic rings. The van der Waals surface area contributed by atoms with E-state index >= 15 is 0 Å². The average molecular weight is 271 g/mol. The minimum atomic E-state index is -4.39. The molecule has 0 aliphatic carbocycles. The molecule has 0 saturated heterocycles. The van der Waals surface area contributed by atoms with Gasteiger partial charge in [0, 0.05) is 5.69 Å². The van der Waals surface area contributed by atoms with E-state index in [4.69, 9.17) is 0 Å². The van der Waals surface area contributed by atoms with E-state index in [2.05, 4.69) is 5.32 Å². The van der Waals surface area contributed by atoms with Crippen molar-refractivity contribution in [2.75, 3.05) is 5.32 Å². The fourth-order valence-electron chi connectivity index (χ4n) is 2.42. The highest BCUT2D eigenvalue weighted by atomic mass is 19.4. The van der Waals surface area contributed by atoms with E-state index in [-0.39, 0.29) is 11.3 Å². The summed E-state index contributed by atoms with van der Waals surface area (Å²) in [7, 11) is 0. The normalized spacial score (nSPS) is 19.3. The maximum atomic E-state index is 12.8. The summed E-state index contributed by atoms with van der Waals surface area (Å²) in [6, 6.07) is 3.43. The minimum absolute atomic E-state index is 0.221. The Morgan fingerprint density at radius 3 is 2.42 bits per heavy atom. The third-order valence-corrected chi connectivity index (χ3v) is 3.90. The van der Waals surface area contributed by atoms with Crippen LogP contribution in [0.15, 0.2) is 18.2 Å². The van der Waals surface area contributed by atoms with E-state index < -0.39 is 17.7 Å². The van der Waals surface area contributed by atoms with Crippen LogP contribution in [0.2, 0.25) is 0 Å². The van der Waals surface area contributed by atoms with Crippen molar-refractivity contribution in [3.05, 3.63) is 29.3 Å². The molecule has 104 valence electrons. The van der Waals surface area contributed by atoms with Gasteiger partial charge in [-0.25, -0.2) is 0 Å². The van der Waals surface area contributed by atoms with Crippen LogP contribution < -0.4 is 5.32 Å². The third kappa shape index (κ3) is 2.33. The fourth-order valence-corrected chi connectivity index (χ4v) is 2.42. The summed E-state index contributed by atoms with van der Waals surface area (Å²) in [5.41, 5.74) is -0.143. The summed E-state index contributed by atoms with van der Waals surface area (Å²) in [6.07, 6.45) is -3.68. The molecule has 19 heavy (non-hydrogen) atoms. The molecule has 0 spiro atoms. The summed E-state index contributed by atoms with van der Waals surface area (Å²) in [4.78, 5) is 12.0. The fraction of sp³-hybridized carbons (Fsp3) is 0.500. The number of fused-ring (bicyclic) bond motifs is 1. The largest absolute Gasteiger partial charge is 0.416 e. The van der Waals surface area contributed by atoms with E-state index in [1.807, 2.05) is 20.8 Å². The quantitative estimate of drug-likeness (QED) is 0.859. The third-order valence-electron chi connectivity index (χ3n) is 3.90. The molecule has 2 nitrogen and oxygen atoms in total. The zero-order chi connectivity index (χ0) is 14.4. The van der Waals surface area contributed by atoms with Crippen LogP contribution in [0, 0.1) is 5.41 Å². The Bertz CT molecular complexity index is 520. The molecule has 5 heteroatoms. The van der Waals surface area contributed by atoms with Gasteiger partial charge in [-0.1, -0.05) is 20.8 Å². The number of alkyl halides is 3. The van der Waals surface area contributed by atoms with Crippen molar-refractivity contribution >= 4 is 11.6 Å². The molecule has 1 aliphatic heterocycles. The molecule has 1 aromatic carbocycles. The topological polar surface area (TPSA) is 29.1 Å². The summed E-state index contributed by atoms with van der Waals surface area (Å²) in [5, 5.41) is 2.66. The van der Waals surface area contributed by atoms with Gasteiger partial charge >= 0.3 is 6.18 Å². The first-order valence-corrected chi connectivity index (χ1v) is 6.19. The van der Waals surface area contributed by atoms with Crippen LogP contribution in [0.4, 0.5) is 18.9 Å². The molecule has 1 unspecified atom stereocenters. The second-order valence-electron chi connectivity index (χ2n) is 5.56. The van der Waals surface area contributed by atoms with E-state index in [1.165, 1.54) is 6.07 Å². The molecule has 0 bridgehead atoms. The van der Waals surface area contributed by atoms with Crippen LogP contribution >= 0.6 is 0 Å². The molecule has 0 saturated carbocycles. The Morgan fingerprint density at radius 2 is 1.89 bits per heavy atom. The molecule has 1 N–H and O–H groups in total. The second kappa shape index (κ2) is 4.25. The van der Waals surface area contributed by atoms with Gasteiger partial charge in [0.05, 0.1) is 11.5 Å². The number of hydrogen-bond donors (Lipinski definition) is 1. The number of hydrogen-bond acceptors (Lipinski definition) is 1. The summed E-state index contributed by atoms with van der Waals surface area (Å²) < 4.78 is 38.3. The first-order valence-electron chi connectivity index (χ1n) is 6.19. The SMILES string of the molecule is CCC(C)(C)C1C(=O)Nc2ccc(C(F)(F)F)cc21. The van der Waals surface area contributed by atoms with E-state index in [9.17, 15) is 18.0 Å². The smallest absolute Gasteiger partial charge is 0.325 e. The lowest BCUT2D eigenvalue weighted by Crippen LogP contribution is -2.27. The van der Waals surface area contributed by atoms with Gasteiger partial charge in [-0.2, -0.15) is 13.2 Å². The van der Waals surface area contributed by atoms with E-state index in [0.29, 0.717) is 17.7 Å². The molecule has 2 rings (SSSR count). The van der Waals surface area contributed by atoms with Gasteiger partial charge < -0.3 is 5.32 Å². The van der Waals surface area contributed by atoms with Crippen LogP contribution in [-0.4, -0.2) is 5.91 Å². The molecular formula is C14H16F3NO. The van der Waals surface area contributed by atoms with Crippen molar-refractivity contribution in [2.24, 2.45) is 5.41 Å². The molecule has 1 amide bonds. The summed E-state index contributed by atoms with van der Waals surface area (Å²) >= 11 is 0. The Labute approximate surface area is 110 Å². The first-order chi connectivity index (χ1) is 8.66. The van der Waals surface area contributed by atoms with Crippen LogP contribution in [0.25, 0.3) is 0 Å². The van der Waals surface area contributed by atoms with Crippen LogP contribution in [-0.2, 0) is 11.0 Å². The Morgan fingerprint density at radius 1 is 1.26 bits per heavy atom. The lowest BCUT2D eigenvalue weighted by molar-refractivity contribution is -0.137. The van der Waals surface area contributed by atoms with Crippen molar-refractivity contribution in [3.8, 4) is 0 Å². The molecule has 0 radical (unpaired) electrons. The van der Waals surface area contributed by atoms with Crippen molar-refractivity contribution in [3.63, 3.8) is 0 Å². The number of carbonyl (C=O) groups excluding carboxylic acids is 1. The summed E-state index contributed by atoms with van der Waals surface area (Å²) in [6.45, 7) is 5.72. The number of halogens is 3. The van der Waals surface area contributed by atoms with Gasteiger partial charge in [-0.15, -0.1) is 0 Å². The predicted octanol–water partition coefficient (Wildman–Crippen LogP) is 4.18. The lowest BCUT2D eigenvalue weighted by atomic mass is 9.73. The van der Waals surface area contributed by atoms with Gasteiger partial charge in [0.1, 0.15) is 0 Å². The first kappa shape index (κ1) is 13.9. The molecule has 1 aromatic rings. The van der Waals surface area contributed by atoms with Crippen molar-refractivity contribution < 1.29 is 18.0 Å². The van der Waals surface area contributed by atoms with Crippen LogP contribution in [0.5, 0.6) is 0 Å². The standard InChI is InChI=1S/C14H16F3NO/c1-4-13(2,3)11-9-7-8(14(15,16)17)5-6-10(9)18-12(11)19/h5-7,11H,4H2,1-3H3,(H,18,19). The van der Waals surface area contributed by atoms with Crippen molar-refractivity contribution in [1.82, 2.24) is 0 Å². The van der Waals surface area contributed by atoms with Crippen molar-refractivity contribution in [1.29, 1.82) is 0 Å². The molecule has 1 atom stereocenters. The molecule has 0 fully saturated rings. The number of amides is 1. The second-order valence-corrected chi connectivity index (χ2v) is 5.56. The maximum absolute atomic E-state index is 12.8. The number of benzene rings is 1. The number of nitrogens with one attached hydrogen (secondary N) is 1. The van der Waals surface area contributed by atoms with Gasteiger partial charge in [0.15, 0.2) is 0 Å². The Kier molecular flexibility index (Phi) is 3.11. The van der Waals surface area contributed by atoms with E-state index in [0.717, 1.165) is 12.1 Å². The number of anilines is 1. The zero-order valence-corrected chi connectivity index (χ0v) is 11.1. The number of carbonyl (C=O) groups is 1. The zero-order valence-electron chi connectivity index (χ0n) is 11.1. The average Bonchev–Trinajstić information content (AvgIpc) is 2.63. The van der Waals surface area contributed by atoms with Crippen LogP contribution in [0.3, 0.4) is 0 Å².